The molecular weight excluding hydrogens is 330 g/mol. The van der Waals surface area contributed by atoms with Crippen molar-refractivity contribution in [1.82, 2.24) is 5.32 Å². The molecule has 0 spiro atoms. The summed E-state index contributed by atoms with van der Waals surface area (Å²) in [6, 6.07) is 6.22. The lowest BCUT2D eigenvalue weighted by atomic mass is 10.1. The van der Waals surface area contributed by atoms with E-state index in [-0.39, 0.29) is 0 Å². The highest BCUT2D eigenvalue weighted by atomic mass is 16.5. The molecule has 1 rings (SSSR count). The second kappa shape index (κ2) is 14.2. The van der Waals surface area contributed by atoms with Crippen LogP contribution < -0.4 is 10.1 Å². The number of hydrogen-bond donors (Lipinski definition) is 3. The number of carboxylic acids is 2. The van der Waals surface area contributed by atoms with E-state index in [4.69, 9.17) is 34.0 Å². The Balaban J connectivity index is 0.000000823. The average molecular weight is 357 g/mol. The maximum Gasteiger partial charge on any atom is 0.414 e. The Hall–Kier alpha value is -2.16. The van der Waals surface area contributed by atoms with E-state index < -0.39 is 11.9 Å². The number of carboxylic acid groups (broad SMARTS) is 2. The molecule has 1 aromatic carbocycles. The minimum atomic E-state index is -1.82. The van der Waals surface area contributed by atoms with Crippen LogP contribution in [0.1, 0.15) is 11.1 Å². The molecule has 0 amide bonds. The molecule has 1 aromatic rings. The van der Waals surface area contributed by atoms with Crippen LogP contribution in [0.5, 0.6) is 5.75 Å². The summed E-state index contributed by atoms with van der Waals surface area (Å²) in [7, 11) is 1.70. The topological polar surface area (TPSA) is 114 Å². The highest BCUT2D eigenvalue weighted by molar-refractivity contribution is 6.27. The van der Waals surface area contributed by atoms with Crippen LogP contribution in [0.25, 0.3) is 0 Å². The zero-order valence-corrected chi connectivity index (χ0v) is 14.9. The predicted octanol–water partition coefficient (Wildman–Crippen LogP) is 1.09. The molecule has 8 heteroatoms. The van der Waals surface area contributed by atoms with Gasteiger partial charge in [0.25, 0.3) is 0 Å². The average Bonchev–Trinajstić information content (AvgIpc) is 2.53. The Labute approximate surface area is 147 Å². The van der Waals surface area contributed by atoms with Crippen molar-refractivity contribution in [3.63, 3.8) is 0 Å². The fourth-order valence-electron chi connectivity index (χ4n) is 1.78. The van der Waals surface area contributed by atoms with E-state index in [1.807, 2.05) is 12.1 Å². The number of carbonyl (C=O) groups is 2. The van der Waals surface area contributed by atoms with Gasteiger partial charge >= 0.3 is 11.9 Å². The van der Waals surface area contributed by atoms with Gasteiger partial charge in [0, 0.05) is 20.2 Å². The maximum atomic E-state index is 9.10. The molecule has 0 aromatic heterocycles. The molecule has 0 radical (unpaired) electrons. The lowest BCUT2D eigenvalue weighted by Gasteiger charge is -2.09. The van der Waals surface area contributed by atoms with Crippen LogP contribution in [0.15, 0.2) is 18.2 Å². The summed E-state index contributed by atoms with van der Waals surface area (Å²) in [5.41, 5.74) is 2.44. The van der Waals surface area contributed by atoms with Crippen LogP contribution in [0, 0.1) is 13.8 Å². The highest BCUT2D eigenvalue weighted by Gasteiger charge is 2.04. The summed E-state index contributed by atoms with van der Waals surface area (Å²) < 4.78 is 16.0. The third-order valence-corrected chi connectivity index (χ3v) is 2.78. The first-order valence-corrected chi connectivity index (χ1v) is 7.81. The molecule has 0 aliphatic heterocycles. The van der Waals surface area contributed by atoms with E-state index in [0.717, 1.165) is 25.4 Å². The first-order valence-electron chi connectivity index (χ1n) is 7.81. The molecule has 0 atom stereocenters. The van der Waals surface area contributed by atoms with Crippen LogP contribution in [-0.4, -0.2) is 68.8 Å². The van der Waals surface area contributed by atoms with E-state index in [1.54, 1.807) is 7.11 Å². The van der Waals surface area contributed by atoms with Crippen molar-refractivity contribution in [3.05, 3.63) is 29.3 Å². The summed E-state index contributed by atoms with van der Waals surface area (Å²) in [5, 5.41) is 18.0. The molecular formula is C17H27NO7. The van der Waals surface area contributed by atoms with E-state index in [1.165, 1.54) is 11.1 Å². The summed E-state index contributed by atoms with van der Waals surface area (Å²) in [6.45, 7) is 8.46. The van der Waals surface area contributed by atoms with Crippen LogP contribution in [0.3, 0.4) is 0 Å². The number of rotatable bonds is 10. The molecule has 0 saturated carbocycles. The van der Waals surface area contributed by atoms with Crippen molar-refractivity contribution in [1.29, 1.82) is 0 Å². The molecule has 0 aliphatic rings. The zero-order valence-electron chi connectivity index (χ0n) is 14.9. The van der Waals surface area contributed by atoms with Gasteiger partial charge in [-0.3, -0.25) is 0 Å². The van der Waals surface area contributed by atoms with Gasteiger partial charge in [0.05, 0.1) is 19.8 Å². The quantitative estimate of drug-likeness (QED) is 0.421. The first-order chi connectivity index (χ1) is 11.9. The van der Waals surface area contributed by atoms with E-state index >= 15 is 0 Å². The second-order valence-corrected chi connectivity index (χ2v) is 5.14. The molecule has 142 valence electrons. The van der Waals surface area contributed by atoms with Crippen LogP contribution in [0.2, 0.25) is 0 Å². The van der Waals surface area contributed by atoms with Gasteiger partial charge in [-0.05, 0) is 37.1 Å². The van der Waals surface area contributed by atoms with Crippen molar-refractivity contribution in [2.45, 2.75) is 13.8 Å². The number of ether oxygens (including phenoxy) is 3. The number of aryl methyl sites for hydroxylation is 2. The Morgan fingerprint density at radius 2 is 1.48 bits per heavy atom. The van der Waals surface area contributed by atoms with Crippen molar-refractivity contribution in [2.24, 2.45) is 0 Å². The van der Waals surface area contributed by atoms with Crippen LogP contribution in [0.4, 0.5) is 0 Å². The minimum absolute atomic E-state index is 0.584. The smallest absolute Gasteiger partial charge is 0.414 e. The largest absolute Gasteiger partial charge is 0.491 e. The van der Waals surface area contributed by atoms with Gasteiger partial charge in [-0.1, -0.05) is 6.07 Å². The Bertz CT molecular complexity index is 487. The highest BCUT2D eigenvalue weighted by Crippen LogP contribution is 2.15. The van der Waals surface area contributed by atoms with Crippen LogP contribution in [-0.2, 0) is 19.1 Å². The molecule has 3 N–H and O–H groups in total. The molecule has 0 bridgehead atoms. The van der Waals surface area contributed by atoms with Crippen molar-refractivity contribution in [2.75, 3.05) is 46.6 Å². The summed E-state index contributed by atoms with van der Waals surface area (Å²) in [5.74, 6) is -2.73. The SMILES string of the molecule is COCCNCCOCCOc1cc(C)cc(C)c1.O=C(O)C(=O)O. The molecule has 8 nitrogen and oxygen atoms in total. The fraction of sp³-hybridized carbons (Fsp3) is 0.529. The van der Waals surface area contributed by atoms with Gasteiger partial charge in [-0.15, -0.1) is 0 Å². The third kappa shape index (κ3) is 13.9. The van der Waals surface area contributed by atoms with E-state index in [9.17, 15) is 0 Å². The summed E-state index contributed by atoms with van der Waals surface area (Å²) >= 11 is 0. The number of methoxy groups -OCH3 is 1. The van der Waals surface area contributed by atoms with Crippen LogP contribution >= 0.6 is 0 Å². The molecule has 25 heavy (non-hydrogen) atoms. The number of benzene rings is 1. The number of hydrogen-bond acceptors (Lipinski definition) is 6. The van der Waals surface area contributed by atoms with Gasteiger partial charge < -0.3 is 29.7 Å². The van der Waals surface area contributed by atoms with Gasteiger partial charge in [-0.2, -0.15) is 0 Å². The van der Waals surface area contributed by atoms with Gasteiger partial charge in [0.2, 0.25) is 0 Å². The standard InChI is InChI=1S/C15H25NO3.C2H2O4/c1-13-10-14(2)12-15(11-13)19-9-8-18-7-5-16-4-6-17-3;3-1(4)2(5)6/h10-12,16H,4-9H2,1-3H3;(H,3,4)(H,5,6). The molecule has 0 saturated heterocycles. The molecule has 0 aliphatic carbocycles. The Kier molecular flexibility index (Phi) is 13.0. The number of nitrogens with one attached hydrogen (secondary N) is 1. The molecule has 0 heterocycles. The Morgan fingerprint density at radius 1 is 0.920 bits per heavy atom. The van der Waals surface area contributed by atoms with Crippen molar-refractivity contribution in [3.8, 4) is 5.75 Å². The normalized spacial score (nSPS) is 9.88. The summed E-state index contributed by atoms with van der Waals surface area (Å²) in [4.78, 5) is 18.2. The van der Waals surface area contributed by atoms with E-state index in [0.29, 0.717) is 19.8 Å². The first kappa shape index (κ1) is 22.8. The van der Waals surface area contributed by atoms with Gasteiger partial charge in [0.1, 0.15) is 12.4 Å². The molecule has 0 unspecified atom stereocenters. The lowest BCUT2D eigenvalue weighted by Crippen LogP contribution is -2.24. The Morgan fingerprint density at radius 3 is 2.00 bits per heavy atom. The summed E-state index contributed by atoms with van der Waals surface area (Å²) in [6.07, 6.45) is 0. The third-order valence-electron chi connectivity index (χ3n) is 2.78. The second-order valence-electron chi connectivity index (χ2n) is 5.14. The van der Waals surface area contributed by atoms with Crippen molar-refractivity contribution < 1.29 is 34.0 Å². The van der Waals surface area contributed by atoms with Crippen molar-refractivity contribution >= 4 is 11.9 Å². The zero-order chi connectivity index (χ0) is 19.1. The number of aliphatic carboxylic acids is 2. The lowest BCUT2D eigenvalue weighted by molar-refractivity contribution is -0.159. The molecule has 0 fully saturated rings. The van der Waals surface area contributed by atoms with Gasteiger partial charge in [0.15, 0.2) is 0 Å². The monoisotopic (exact) mass is 357 g/mol. The minimum Gasteiger partial charge on any atom is -0.491 e. The predicted molar refractivity (Wildman–Crippen MR) is 92.2 cm³/mol. The van der Waals surface area contributed by atoms with E-state index in [2.05, 4.69) is 25.2 Å². The maximum absolute atomic E-state index is 9.10. The fourth-order valence-corrected chi connectivity index (χ4v) is 1.78. The van der Waals surface area contributed by atoms with Gasteiger partial charge in [-0.25, -0.2) is 9.59 Å².